The Kier molecular flexibility index (Phi) is 7.32. The number of nitrogens with one attached hydrogen (secondary N) is 1. The van der Waals surface area contributed by atoms with Crippen LogP contribution in [0.4, 0.5) is 4.39 Å². The van der Waals surface area contributed by atoms with E-state index in [0.717, 1.165) is 13.0 Å². The number of benzene rings is 1. The van der Waals surface area contributed by atoms with Gasteiger partial charge >= 0.3 is 0 Å². The number of hydrogen-bond acceptors (Lipinski definition) is 4. The second-order valence-corrected chi connectivity index (χ2v) is 3.97. The van der Waals surface area contributed by atoms with E-state index in [0.29, 0.717) is 18.9 Å². The summed E-state index contributed by atoms with van der Waals surface area (Å²) in [5.41, 5.74) is 0. The first kappa shape index (κ1) is 14.9. The molecule has 1 atom stereocenters. The molecular formula is C13H20FNO3. The Balaban J connectivity index is 2.09. The van der Waals surface area contributed by atoms with Crippen LogP contribution in [0.2, 0.25) is 0 Å². The van der Waals surface area contributed by atoms with Crippen LogP contribution in [0.25, 0.3) is 0 Å². The van der Waals surface area contributed by atoms with Crippen LogP contribution in [0.1, 0.15) is 6.42 Å². The molecule has 2 N–H and O–H groups in total. The molecule has 0 amide bonds. The van der Waals surface area contributed by atoms with Gasteiger partial charge in [0.05, 0.1) is 0 Å². The Morgan fingerprint density at radius 1 is 1.33 bits per heavy atom. The van der Waals surface area contributed by atoms with Crippen molar-refractivity contribution in [1.29, 1.82) is 0 Å². The minimum absolute atomic E-state index is 0.183. The maximum absolute atomic E-state index is 12.6. The Hall–Kier alpha value is -1.17. The van der Waals surface area contributed by atoms with E-state index < -0.39 is 6.10 Å². The first-order chi connectivity index (χ1) is 8.72. The van der Waals surface area contributed by atoms with Crippen molar-refractivity contribution in [3.8, 4) is 5.75 Å². The number of hydrogen-bond donors (Lipinski definition) is 2. The van der Waals surface area contributed by atoms with Crippen LogP contribution in [0, 0.1) is 5.82 Å². The van der Waals surface area contributed by atoms with Gasteiger partial charge in [0.25, 0.3) is 0 Å². The summed E-state index contributed by atoms with van der Waals surface area (Å²) in [6.45, 7) is 2.14. The number of aliphatic hydroxyl groups excluding tert-OH is 1. The summed E-state index contributed by atoms with van der Waals surface area (Å²) in [7, 11) is 1.66. The molecule has 0 fully saturated rings. The van der Waals surface area contributed by atoms with Crippen molar-refractivity contribution < 1.29 is 19.0 Å². The molecule has 5 heteroatoms. The van der Waals surface area contributed by atoms with Gasteiger partial charge in [0.15, 0.2) is 0 Å². The molecule has 1 unspecified atom stereocenters. The first-order valence-corrected chi connectivity index (χ1v) is 5.98. The predicted octanol–water partition coefficient (Wildman–Crippen LogP) is 1.19. The summed E-state index contributed by atoms with van der Waals surface area (Å²) in [6, 6.07) is 5.72. The molecule has 1 aromatic rings. The van der Waals surface area contributed by atoms with E-state index in [9.17, 15) is 9.50 Å². The van der Waals surface area contributed by atoms with Crippen LogP contribution in [0.5, 0.6) is 5.75 Å². The average Bonchev–Trinajstić information content (AvgIpc) is 2.38. The highest BCUT2D eigenvalue weighted by molar-refractivity contribution is 5.22. The van der Waals surface area contributed by atoms with Crippen LogP contribution in [-0.2, 0) is 4.74 Å². The first-order valence-electron chi connectivity index (χ1n) is 5.98. The van der Waals surface area contributed by atoms with Gasteiger partial charge in [-0.25, -0.2) is 4.39 Å². The van der Waals surface area contributed by atoms with Gasteiger partial charge in [0.2, 0.25) is 0 Å². The third kappa shape index (κ3) is 6.54. The third-order valence-corrected chi connectivity index (χ3v) is 2.34. The third-order valence-electron chi connectivity index (χ3n) is 2.34. The molecule has 0 saturated carbocycles. The SMILES string of the molecule is COCCCNCC(O)COc1ccc(F)cc1. The molecule has 0 aliphatic heterocycles. The highest BCUT2D eigenvalue weighted by Crippen LogP contribution is 2.10. The zero-order chi connectivity index (χ0) is 13.2. The van der Waals surface area contributed by atoms with Crippen LogP contribution >= 0.6 is 0 Å². The Morgan fingerprint density at radius 3 is 2.72 bits per heavy atom. The smallest absolute Gasteiger partial charge is 0.123 e. The fourth-order valence-electron chi connectivity index (χ4n) is 1.39. The second kappa shape index (κ2) is 8.85. The van der Waals surface area contributed by atoms with Crippen LogP contribution < -0.4 is 10.1 Å². The zero-order valence-electron chi connectivity index (χ0n) is 10.6. The van der Waals surface area contributed by atoms with E-state index in [1.807, 2.05) is 0 Å². The Morgan fingerprint density at radius 2 is 2.06 bits per heavy atom. The molecule has 0 saturated heterocycles. The van der Waals surface area contributed by atoms with E-state index >= 15 is 0 Å². The molecule has 1 aromatic carbocycles. The highest BCUT2D eigenvalue weighted by Gasteiger charge is 2.04. The number of aliphatic hydroxyl groups is 1. The average molecular weight is 257 g/mol. The maximum atomic E-state index is 12.6. The number of ether oxygens (including phenoxy) is 2. The monoisotopic (exact) mass is 257 g/mol. The molecule has 0 radical (unpaired) electrons. The quantitative estimate of drug-likeness (QED) is 0.653. The fraction of sp³-hybridized carbons (Fsp3) is 0.538. The van der Waals surface area contributed by atoms with Gasteiger partial charge in [-0.15, -0.1) is 0 Å². The number of halogens is 1. The van der Waals surface area contributed by atoms with Gasteiger partial charge in [0, 0.05) is 20.3 Å². The lowest BCUT2D eigenvalue weighted by Gasteiger charge is -2.13. The molecule has 4 nitrogen and oxygen atoms in total. The topological polar surface area (TPSA) is 50.7 Å². The van der Waals surface area contributed by atoms with Gasteiger partial charge in [-0.05, 0) is 37.2 Å². The number of rotatable bonds is 9. The van der Waals surface area contributed by atoms with Crippen molar-refractivity contribution >= 4 is 0 Å². The van der Waals surface area contributed by atoms with Gasteiger partial charge in [-0.3, -0.25) is 0 Å². The summed E-state index contributed by atoms with van der Waals surface area (Å²) in [5, 5.41) is 12.7. The van der Waals surface area contributed by atoms with E-state index in [2.05, 4.69) is 5.32 Å². The molecule has 0 heterocycles. The van der Waals surface area contributed by atoms with Crippen molar-refractivity contribution in [2.75, 3.05) is 33.4 Å². The molecule has 0 spiro atoms. The highest BCUT2D eigenvalue weighted by atomic mass is 19.1. The summed E-state index contributed by atoms with van der Waals surface area (Å²) in [4.78, 5) is 0. The molecule has 1 rings (SSSR count). The van der Waals surface area contributed by atoms with Gasteiger partial charge in [0.1, 0.15) is 24.3 Å². The van der Waals surface area contributed by atoms with Gasteiger partial charge < -0.3 is 19.9 Å². The molecule has 0 aliphatic carbocycles. The minimum atomic E-state index is -0.586. The minimum Gasteiger partial charge on any atom is -0.491 e. The predicted molar refractivity (Wildman–Crippen MR) is 67.3 cm³/mol. The molecule has 102 valence electrons. The van der Waals surface area contributed by atoms with Crippen LogP contribution in [0.3, 0.4) is 0 Å². The Labute approximate surface area is 107 Å². The fourth-order valence-corrected chi connectivity index (χ4v) is 1.39. The van der Waals surface area contributed by atoms with E-state index in [1.165, 1.54) is 24.3 Å². The summed E-state index contributed by atoms with van der Waals surface area (Å²) >= 11 is 0. The van der Waals surface area contributed by atoms with E-state index in [-0.39, 0.29) is 12.4 Å². The lowest BCUT2D eigenvalue weighted by atomic mass is 10.3. The standard InChI is InChI=1S/C13H20FNO3/c1-17-8-2-7-15-9-12(16)10-18-13-5-3-11(14)4-6-13/h3-6,12,15-16H,2,7-10H2,1H3. The lowest BCUT2D eigenvalue weighted by molar-refractivity contribution is 0.105. The van der Waals surface area contributed by atoms with E-state index in [4.69, 9.17) is 9.47 Å². The lowest BCUT2D eigenvalue weighted by Crippen LogP contribution is -2.32. The van der Waals surface area contributed by atoms with Crippen LogP contribution in [0.15, 0.2) is 24.3 Å². The molecule has 0 aliphatic rings. The summed E-state index contributed by atoms with van der Waals surface area (Å²) < 4.78 is 22.9. The molecule has 18 heavy (non-hydrogen) atoms. The van der Waals surface area contributed by atoms with Crippen LogP contribution in [-0.4, -0.2) is 44.6 Å². The van der Waals surface area contributed by atoms with Crippen molar-refractivity contribution in [3.05, 3.63) is 30.1 Å². The van der Waals surface area contributed by atoms with E-state index in [1.54, 1.807) is 7.11 Å². The van der Waals surface area contributed by atoms with Crippen molar-refractivity contribution in [3.63, 3.8) is 0 Å². The zero-order valence-corrected chi connectivity index (χ0v) is 10.6. The Bertz CT molecular complexity index is 319. The number of methoxy groups -OCH3 is 1. The molecule has 0 bridgehead atoms. The summed E-state index contributed by atoms with van der Waals surface area (Å²) in [6.07, 6.45) is 0.319. The van der Waals surface area contributed by atoms with Crippen molar-refractivity contribution in [2.45, 2.75) is 12.5 Å². The van der Waals surface area contributed by atoms with Crippen molar-refractivity contribution in [2.24, 2.45) is 0 Å². The normalized spacial score (nSPS) is 12.4. The summed E-state index contributed by atoms with van der Waals surface area (Å²) in [5.74, 6) is 0.248. The molecular weight excluding hydrogens is 237 g/mol. The maximum Gasteiger partial charge on any atom is 0.123 e. The van der Waals surface area contributed by atoms with Crippen molar-refractivity contribution in [1.82, 2.24) is 5.32 Å². The largest absolute Gasteiger partial charge is 0.491 e. The molecule has 0 aromatic heterocycles. The second-order valence-electron chi connectivity index (χ2n) is 3.97. The van der Waals surface area contributed by atoms with Gasteiger partial charge in [-0.1, -0.05) is 0 Å². The van der Waals surface area contributed by atoms with Gasteiger partial charge in [-0.2, -0.15) is 0 Å².